The summed E-state index contributed by atoms with van der Waals surface area (Å²) in [5.41, 5.74) is 2.09. The van der Waals surface area contributed by atoms with Gasteiger partial charge >= 0.3 is 0 Å². The summed E-state index contributed by atoms with van der Waals surface area (Å²) in [4.78, 5) is 23.3. The minimum Gasteiger partial charge on any atom is -0.308 e. The van der Waals surface area contributed by atoms with E-state index in [-0.39, 0.29) is 10.8 Å². The van der Waals surface area contributed by atoms with Crippen LogP contribution in [0, 0.1) is 0 Å². The number of carbonyl (C=O) groups is 1. The van der Waals surface area contributed by atoms with Crippen molar-refractivity contribution in [2.24, 2.45) is 0 Å². The number of anilines is 1. The molecular formula is C21H23N5O3S. The standard InChI is InChI=1S/C21H23N5O3S/c1-3-25(4-2)30(28,29)18-6-7-19-16(13-18)9-11-26(19)21(27)17-5-8-20(23-14-17)24-12-10-22-15-24/h5-8,10,12-15H,3-4,9,11H2,1-2H3. The molecule has 1 aliphatic heterocycles. The fourth-order valence-corrected chi connectivity index (χ4v) is 5.19. The average molecular weight is 426 g/mol. The molecular weight excluding hydrogens is 402 g/mol. The largest absolute Gasteiger partial charge is 0.308 e. The maximum atomic E-state index is 13.0. The Kier molecular flexibility index (Phi) is 5.40. The number of aromatic nitrogens is 3. The predicted octanol–water partition coefficient (Wildman–Crippen LogP) is 2.50. The first-order valence-corrected chi connectivity index (χ1v) is 11.3. The Balaban J connectivity index is 1.58. The van der Waals surface area contributed by atoms with Crippen molar-refractivity contribution in [2.75, 3.05) is 24.5 Å². The number of sulfonamides is 1. The Hall–Kier alpha value is -3.04. The van der Waals surface area contributed by atoms with Crippen LogP contribution in [0.5, 0.6) is 0 Å². The molecule has 4 rings (SSSR count). The average Bonchev–Trinajstić information content (AvgIpc) is 3.44. The Morgan fingerprint density at radius 3 is 2.60 bits per heavy atom. The van der Waals surface area contributed by atoms with Gasteiger partial charge in [0.25, 0.3) is 5.91 Å². The lowest BCUT2D eigenvalue weighted by atomic mass is 10.1. The highest BCUT2D eigenvalue weighted by Gasteiger charge is 2.29. The number of rotatable bonds is 6. The van der Waals surface area contributed by atoms with Crippen molar-refractivity contribution >= 4 is 21.6 Å². The summed E-state index contributed by atoms with van der Waals surface area (Å²) in [6.45, 7) is 4.99. The quantitative estimate of drug-likeness (QED) is 0.605. The lowest BCUT2D eigenvalue weighted by Gasteiger charge is -2.20. The van der Waals surface area contributed by atoms with Gasteiger partial charge in [-0.25, -0.2) is 18.4 Å². The zero-order chi connectivity index (χ0) is 21.3. The number of carbonyl (C=O) groups excluding carboxylic acids is 1. The van der Waals surface area contributed by atoms with Crippen LogP contribution in [0.1, 0.15) is 29.8 Å². The van der Waals surface area contributed by atoms with E-state index in [2.05, 4.69) is 9.97 Å². The van der Waals surface area contributed by atoms with Crippen molar-refractivity contribution in [1.82, 2.24) is 18.8 Å². The molecule has 0 radical (unpaired) electrons. The van der Waals surface area contributed by atoms with Crippen molar-refractivity contribution < 1.29 is 13.2 Å². The van der Waals surface area contributed by atoms with Crippen molar-refractivity contribution in [1.29, 1.82) is 0 Å². The predicted molar refractivity (Wildman–Crippen MR) is 113 cm³/mol. The van der Waals surface area contributed by atoms with Gasteiger partial charge in [0.05, 0.1) is 10.5 Å². The maximum Gasteiger partial charge on any atom is 0.259 e. The second kappa shape index (κ2) is 8.00. The third-order valence-electron chi connectivity index (χ3n) is 5.30. The Bertz CT molecular complexity index is 1150. The van der Waals surface area contributed by atoms with E-state index in [0.717, 1.165) is 11.3 Å². The second-order valence-corrected chi connectivity index (χ2v) is 8.90. The van der Waals surface area contributed by atoms with E-state index in [1.54, 1.807) is 64.7 Å². The molecule has 3 heterocycles. The minimum atomic E-state index is -3.53. The molecule has 1 aliphatic rings. The van der Waals surface area contributed by atoms with Gasteiger partial charge in [0.15, 0.2) is 0 Å². The topological polar surface area (TPSA) is 88.4 Å². The molecule has 0 unspecified atom stereocenters. The summed E-state index contributed by atoms with van der Waals surface area (Å²) >= 11 is 0. The lowest BCUT2D eigenvalue weighted by molar-refractivity contribution is 0.0989. The third-order valence-corrected chi connectivity index (χ3v) is 7.34. The van der Waals surface area contributed by atoms with Crippen LogP contribution in [0.15, 0.2) is 60.1 Å². The van der Waals surface area contributed by atoms with Gasteiger partial charge in [0.2, 0.25) is 10.0 Å². The summed E-state index contributed by atoms with van der Waals surface area (Å²) in [6, 6.07) is 8.51. The summed E-state index contributed by atoms with van der Waals surface area (Å²) < 4.78 is 28.8. The molecule has 0 fully saturated rings. The van der Waals surface area contributed by atoms with Crippen LogP contribution >= 0.6 is 0 Å². The van der Waals surface area contributed by atoms with Gasteiger partial charge in [-0.2, -0.15) is 4.31 Å². The lowest BCUT2D eigenvalue weighted by Crippen LogP contribution is -2.30. The molecule has 9 heteroatoms. The number of fused-ring (bicyclic) bond motifs is 1. The molecule has 0 saturated heterocycles. The highest BCUT2D eigenvalue weighted by Crippen LogP contribution is 2.32. The Labute approximate surface area is 175 Å². The number of hydrogen-bond donors (Lipinski definition) is 0. The fourth-order valence-electron chi connectivity index (χ4n) is 3.68. The van der Waals surface area contributed by atoms with E-state index in [0.29, 0.717) is 37.4 Å². The van der Waals surface area contributed by atoms with Crippen molar-refractivity contribution in [3.8, 4) is 5.82 Å². The van der Waals surface area contributed by atoms with E-state index in [9.17, 15) is 13.2 Å². The van der Waals surface area contributed by atoms with Crippen LogP contribution in [0.2, 0.25) is 0 Å². The zero-order valence-electron chi connectivity index (χ0n) is 16.9. The van der Waals surface area contributed by atoms with Crippen LogP contribution in [0.3, 0.4) is 0 Å². The summed E-state index contributed by atoms with van der Waals surface area (Å²) in [5.74, 6) is 0.523. The number of pyridine rings is 1. The van der Waals surface area contributed by atoms with Gasteiger partial charge in [-0.15, -0.1) is 0 Å². The van der Waals surface area contributed by atoms with Crippen LogP contribution in [0.25, 0.3) is 5.82 Å². The van der Waals surface area contributed by atoms with Crippen molar-refractivity contribution in [2.45, 2.75) is 25.2 Å². The van der Waals surface area contributed by atoms with E-state index in [4.69, 9.17) is 0 Å². The molecule has 30 heavy (non-hydrogen) atoms. The monoisotopic (exact) mass is 425 g/mol. The second-order valence-electron chi connectivity index (χ2n) is 6.96. The van der Waals surface area contributed by atoms with E-state index < -0.39 is 10.0 Å². The van der Waals surface area contributed by atoms with Crippen LogP contribution in [0.4, 0.5) is 5.69 Å². The van der Waals surface area contributed by atoms with E-state index in [1.165, 1.54) is 4.31 Å². The van der Waals surface area contributed by atoms with Crippen LogP contribution < -0.4 is 4.90 Å². The Morgan fingerprint density at radius 1 is 1.17 bits per heavy atom. The normalized spacial score (nSPS) is 13.6. The van der Waals surface area contributed by atoms with Gasteiger partial charge in [0.1, 0.15) is 12.1 Å². The molecule has 0 atom stereocenters. The number of benzene rings is 1. The highest BCUT2D eigenvalue weighted by atomic mass is 32.2. The van der Waals surface area contributed by atoms with Gasteiger partial charge in [-0.1, -0.05) is 13.8 Å². The van der Waals surface area contributed by atoms with E-state index >= 15 is 0 Å². The number of imidazole rings is 1. The molecule has 2 aromatic heterocycles. The maximum absolute atomic E-state index is 13.0. The number of hydrogen-bond acceptors (Lipinski definition) is 5. The molecule has 8 nitrogen and oxygen atoms in total. The van der Waals surface area contributed by atoms with Gasteiger partial charge < -0.3 is 4.90 Å². The summed E-state index contributed by atoms with van der Waals surface area (Å²) in [6.07, 6.45) is 7.25. The highest BCUT2D eigenvalue weighted by molar-refractivity contribution is 7.89. The first-order chi connectivity index (χ1) is 14.5. The molecule has 0 spiro atoms. The molecule has 0 bridgehead atoms. The fraction of sp³-hybridized carbons (Fsp3) is 0.286. The molecule has 156 valence electrons. The molecule has 0 aliphatic carbocycles. The summed E-state index contributed by atoms with van der Waals surface area (Å²) in [5, 5.41) is 0. The minimum absolute atomic E-state index is 0.155. The first kappa shape index (κ1) is 20.2. The molecule has 0 N–H and O–H groups in total. The first-order valence-electron chi connectivity index (χ1n) is 9.85. The molecule has 0 saturated carbocycles. The Morgan fingerprint density at radius 2 is 1.97 bits per heavy atom. The smallest absolute Gasteiger partial charge is 0.259 e. The van der Waals surface area contributed by atoms with Crippen LogP contribution in [-0.2, 0) is 16.4 Å². The van der Waals surface area contributed by atoms with E-state index in [1.807, 2.05) is 13.8 Å². The SMILES string of the molecule is CCN(CC)S(=O)(=O)c1ccc2c(c1)CCN2C(=O)c1ccc(-n2ccnc2)nc1. The van der Waals surface area contributed by atoms with Gasteiger partial charge in [-0.3, -0.25) is 9.36 Å². The number of nitrogens with zero attached hydrogens (tertiary/aromatic N) is 5. The van der Waals surface area contributed by atoms with Crippen molar-refractivity contribution in [3.05, 3.63) is 66.4 Å². The summed E-state index contributed by atoms with van der Waals surface area (Å²) in [7, 11) is -3.53. The van der Waals surface area contributed by atoms with Gasteiger partial charge in [0, 0.05) is 43.9 Å². The van der Waals surface area contributed by atoms with Crippen molar-refractivity contribution in [3.63, 3.8) is 0 Å². The van der Waals surface area contributed by atoms with Crippen LogP contribution in [-0.4, -0.2) is 52.8 Å². The molecule has 1 aromatic carbocycles. The zero-order valence-corrected chi connectivity index (χ0v) is 17.7. The number of amides is 1. The molecule has 1 amide bonds. The molecule has 3 aromatic rings. The van der Waals surface area contributed by atoms with Gasteiger partial charge in [-0.05, 0) is 42.3 Å². The third kappa shape index (κ3) is 3.50.